The van der Waals surface area contributed by atoms with Crippen LogP contribution in [-0.4, -0.2) is 41.3 Å². The maximum absolute atomic E-state index is 12.1. The van der Waals surface area contributed by atoms with Crippen LogP contribution in [0.25, 0.3) is 0 Å². The molecular weight excluding hydrogens is 280 g/mol. The summed E-state index contributed by atoms with van der Waals surface area (Å²) in [4.78, 5) is 17.9. The third-order valence-electron chi connectivity index (χ3n) is 3.54. The van der Waals surface area contributed by atoms with Crippen molar-refractivity contribution in [2.45, 2.75) is 45.8 Å². The van der Waals surface area contributed by atoms with Gasteiger partial charge in [0.15, 0.2) is 0 Å². The molecule has 122 valence electrons. The van der Waals surface area contributed by atoms with E-state index in [1.807, 2.05) is 32.9 Å². The highest BCUT2D eigenvalue weighted by atomic mass is 16.6. The molecule has 0 saturated carbocycles. The number of ether oxygens (including phenoxy) is 2. The molecule has 1 fully saturated rings. The van der Waals surface area contributed by atoms with Crippen molar-refractivity contribution in [3.05, 3.63) is 30.1 Å². The Hall–Kier alpha value is -1.62. The van der Waals surface area contributed by atoms with Crippen molar-refractivity contribution < 1.29 is 14.3 Å². The molecule has 0 radical (unpaired) electrons. The van der Waals surface area contributed by atoms with Gasteiger partial charge in [0.25, 0.3) is 0 Å². The lowest BCUT2D eigenvalue weighted by molar-refractivity contribution is 0.00592. The van der Waals surface area contributed by atoms with E-state index in [0.29, 0.717) is 25.7 Å². The van der Waals surface area contributed by atoms with Gasteiger partial charge in [-0.1, -0.05) is 0 Å². The third-order valence-corrected chi connectivity index (χ3v) is 3.54. The highest BCUT2D eigenvalue weighted by molar-refractivity contribution is 5.68. The second-order valence-corrected chi connectivity index (χ2v) is 6.81. The second-order valence-electron chi connectivity index (χ2n) is 6.81. The van der Waals surface area contributed by atoms with Gasteiger partial charge in [-0.25, -0.2) is 4.79 Å². The average Bonchev–Trinajstić information content (AvgIpc) is 2.47. The average molecular weight is 306 g/mol. The highest BCUT2D eigenvalue weighted by Crippen LogP contribution is 2.20. The number of amides is 1. The smallest absolute Gasteiger partial charge is 0.410 e. The largest absolute Gasteiger partial charge is 0.444 e. The van der Waals surface area contributed by atoms with Crippen LogP contribution in [0.5, 0.6) is 0 Å². The number of hydrogen-bond donors (Lipinski definition) is 0. The summed E-state index contributed by atoms with van der Waals surface area (Å²) in [7, 11) is 0. The van der Waals surface area contributed by atoms with Gasteiger partial charge in [0.2, 0.25) is 0 Å². The number of carbonyl (C=O) groups is 1. The molecule has 1 aromatic rings. The third kappa shape index (κ3) is 5.64. The van der Waals surface area contributed by atoms with Crippen molar-refractivity contribution in [1.29, 1.82) is 0 Å². The summed E-state index contributed by atoms with van der Waals surface area (Å²) < 4.78 is 11.2. The van der Waals surface area contributed by atoms with Gasteiger partial charge >= 0.3 is 6.09 Å². The van der Waals surface area contributed by atoms with Gasteiger partial charge in [0, 0.05) is 31.4 Å². The number of piperidine rings is 1. The summed E-state index contributed by atoms with van der Waals surface area (Å²) in [6.45, 7) is 8.42. The summed E-state index contributed by atoms with van der Waals surface area (Å²) in [6.07, 6.45) is 5.41. The summed E-state index contributed by atoms with van der Waals surface area (Å²) in [6, 6.07) is 3.90. The Morgan fingerprint density at radius 3 is 2.77 bits per heavy atom. The molecular formula is C17H26N2O3. The first-order chi connectivity index (χ1) is 10.4. The number of likely N-dealkylation sites (tertiary alicyclic amines) is 1. The standard InChI is InChI=1S/C17H26N2O3/c1-17(2,3)22-16(20)19-10-4-5-15(11-19)13-21-12-14-6-8-18-9-7-14/h6-9,15H,4-5,10-13H2,1-3H3/t15-/m0/s1. The molecule has 0 aliphatic carbocycles. The van der Waals surface area contributed by atoms with Crippen molar-refractivity contribution >= 4 is 6.09 Å². The lowest BCUT2D eigenvalue weighted by atomic mass is 9.99. The first kappa shape index (κ1) is 16.7. The van der Waals surface area contributed by atoms with E-state index in [1.54, 1.807) is 17.3 Å². The molecule has 1 aromatic heterocycles. The van der Waals surface area contributed by atoms with Crippen LogP contribution >= 0.6 is 0 Å². The molecule has 0 N–H and O–H groups in total. The Balaban J connectivity index is 1.75. The Morgan fingerprint density at radius 2 is 2.09 bits per heavy atom. The SMILES string of the molecule is CC(C)(C)OC(=O)N1CCC[C@H](COCc2ccncc2)C1. The molecule has 0 aromatic carbocycles. The predicted octanol–water partition coefficient (Wildman–Crippen LogP) is 3.25. The van der Waals surface area contributed by atoms with E-state index in [9.17, 15) is 4.79 Å². The Kier molecular flexibility index (Phi) is 5.77. The minimum absolute atomic E-state index is 0.216. The van der Waals surface area contributed by atoms with Gasteiger partial charge in [0.05, 0.1) is 13.2 Å². The minimum atomic E-state index is -0.443. The Labute approximate surface area is 132 Å². The molecule has 1 saturated heterocycles. The van der Waals surface area contributed by atoms with Crippen molar-refractivity contribution in [3.63, 3.8) is 0 Å². The van der Waals surface area contributed by atoms with Crippen LogP contribution in [0.15, 0.2) is 24.5 Å². The lowest BCUT2D eigenvalue weighted by Crippen LogP contribution is -2.43. The molecule has 5 heteroatoms. The molecule has 2 rings (SSSR count). The number of carbonyl (C=O) groups excluding carboxylic acids is 1. The zero-order chi connectivity index (χ0) is 16.0. The van der Waals surface area contributed by atoms with Gasteiger partial charge in [-0.3, -0.25) is 4.98 Å². The zero-order valence-corrected chi connectivity index (χ0v) is 13.7. The monoisotopic (exact) mass is 306 g/mol. The van der Waals surface area contributed by atoms with E-state index in [4.69, 9.17) is 9.47 Å². The van der Waals surface area contributed by atoms with Gasteiger partial charge < -0.3 is 14.4 Å². The molecule has 0 bridgehead atoms. The quantitative estimate of drug-likeness (QED) is 0.857. The summed E-state index contributed by atoms with van der Waals surface area (Å²) in [5.41, 5.74) is 0.678. The number of aromatic nitrogens is 1. The fraction of sp³-hybridized carbons (Fsp3) is 0.647. The van der Waals surface area contributed by atoms with Crippen LogP contribution in [0, 0.1) is 5.92 Å². The maximum Gasteiger partial charge on any atom is 0.410 e. The van der Waals surface area contributed by atoms with Crippen molar-refractivity contribution in [3.8, 4) is 0 Å². The van der Waals surface area contributed by atoms with E-state index in [2.05, 4.69) is 4.98 Å². The fourth-order valence-electron chi connectivity index (χ4n) is 2.52. The first-order valence-corrected chi connectivity index (χ1v) is 7.88. The first-order valence-electron chi connectivity index (χ1n) is 7.88. The molecule has 0 unspecified atom stereocenters. The number of nitrogens with zero attached hydrogens (tertiary/aromatic N) is 2. The highest BCUT2D eigenvalue weighted by Gasteiger charge is 2.27. The van der Waals surface area contributed by atoms with Crippen LogP contribution in [0.2, 0.25) is 0 Å². The molecule has 1 aliphatic heterocycles. The molecule has 1 atom stereocenters. The summed E-state index contributed by atoms with van der Waals surface area (Å²) >= 11 is 0. The van der Waals surface area contributed by atoms with Crippen LogP contribution in [0.1, 0.15) is 39.2 Å². The second kappa shape index (κ2) is 7.58. The van der Waals surface area contributed by atoms with E-state index in [0.717, 1.165) is 24.9 Å². The topological polar surface area (TPSA) is 51.7 Å². The van der Waals surface area contributed by atoms with E-state index < -0.39 is 5.60 Å². The van der Waals surface area contributed by atoms with Gasteiger partial charge in [0.1, 0.15) is 5.60 Å². The summed E-state index contributed by atoms with van der Waals surface area (Å²) in [5.74, 6) is 0.378. The molecule has 22 heavy (non-hydrogen) atoms. The van der Waals surface area contributed by atoms with E-state index >= 15 is 0 Å². The van der Waals surface area contributed by atoms with E-state index in [-0.39, 0.29) is 6.09 Å². The van der Waals surface area contributed by atoms with Crippen LogP contribution in [0.4, 0.5) is 4.79 Å². The van der Waals surface area contributed by atoms with Gasteiger partial charge in [-0.05, 0) is 51.3 Å². The number of hydrogen-bond acceptors (Lipinski definition) is 4. The van der Waals surface area contributed by atoms with E-state index in [1.165, 1.54) is 0 Å². The van der Waals surface area contributed by atoms with Gasteiger partial charge in [-0.15, -0.1) is 0 Å². The molecule has 1 amide bonds. The lowest BCUT2D eigenvalue weighted by Gasteiger charge is -2.34. The maximum atomic E-state index is 12.1. The molecule has 1 aliphatic rings. The van der Waals surface area contributed by atoms with Crippen LogP contribution in [0.3, 0.4) is 0 Å². The van der Waals surface area contributed by atoms with Gasteiger partial charge in [-0.2, -0.15) is 0 Å². The summed E-state index contributed by atoms with van der Waals surface area (Å²) in [5, 5.41) is 0. The zero-order valence-electron chi connectivity index (χ0n) is 13.7. The molecule has 2 heterocycles. The van der Waals surface area contributed by atoms with Crippen LogP contribution < -0.4 is 0 Å². The van der Waals surface area contributed by atoms with Crippen molar-refractivity contribution in [1.82, 2.24) is 9.88 Å². The van der Waals surface area contributed by atoms with Crippen molar-refractivity contribution in [2.75, 3.05) is 19.7 Å². The number of pyridine rings is 1. The normalized spacial score (nSPS) is 19.0. The predicted molar refractivity (Wildman–Crippen MR) is 84.4 cm³/mol. The van der Waals surface area contributed by atoms with Crippen molar-refractivity contribution in [2.24, 2.45) is 5.92 Å². The fourth-order valence-corrected chi connectivity index (χ4v) is 2.52. The van der Waals surface area contributed by atoms with Crippen LogP contribution in [-0.2, 0) is 16.1 Å². The Morgan fingerprint density at radius 1 is 1.36 bits per heavy atom. The Bertz CT molecular complexity index is 471. The molecule has 5 nitrogen and oxygen atoms in total. The number of rotatable bonds is 4. The molecule has 0 spiro atoms. The minimum Gasteiger partial charge on any atom is -0.444 e.